The van der Waals surface area contributed by atoms with Crippen molar-refractivity contribution >= 4 is 29.0 Å². The van der Waals surface area contributed by atoms with Crippen LogP contribution in [-0.4, -0.2) is 17.0 Å². The van der Waals surface area contributed by atoms with Crippen LogP contribution in [0.4, 0.5) is 5.82 Å². The lowest BCUT2D eigenvalue weighted by atomic mass is 10.3. The molecule has 94 valence electrons. The Kier molecular flexibility index (Phi) is 4.23. The van der Waals surface area contributed by atoms with Crippen molar-refractivity contribution in [1.29, 1.82) is 0 Å². The van der Waals surface area contributed by atoms with Crippen LogP contribution < -0.4 is 10.1 Å². The van der Waals surface area contributed by atoms with Crippen LogP contribution in [0.25, 0.3) is 0 Å². The number of nitrogens with zero attached hydrogens (tertiary/aromatic N) is 2. The van der Waals surface area contributed by atoms with Gasteiger partial charge in [-0.25, -0.2) is 4.98 Å². The van der Waals surface area contributed by atoms with E-state index in [4.69, 9.17) is 27.9 Å². The number of hydrogen-bond acceptors (Lipinski definition) is 4. The third-order valence-corrected chi connectivity index (χ3v) is 2.78. The molecule has 0 aromatic carbocycles. The van der Waals surface area contributed by atoms with Crippen molar-refractivity contribution in [3.05, 3.63) is 46.3 Å². The molecule has 0 saturated heterocycles. The normalized spacial score (nSPS) is 10.2. The summed E-state index contributed by atoms with van der Waals surface area (Å²) in [5, 5.41) is 4.03. The number of nitrogens with one attached hydrogen (secondary N) is 1. The van der Waals surface area contributed by atoms with Crippen LogP contribution in [0, 0.1) is 0 Å². The Morgan fingerprint density at radius 2 is 2.11 bits per heavy atom. The topological polar surface area (TPSA) is 47.0 Å². The van der Waals surface area contributed by atoms with Gasteiger partial charge in [-0.1, -0.05) is 23.2 Å². The Balaban J connectivity index is 2.10. The Bertz CT molecular complexity index is 549. The van der Waals surface area contributed by atoms with Gasteiger partial charge in [0.25, 0.3) is 0 Å². The smallest absolute Gasteiger partial charge is 0.139 e. The van der Waals surface area contributed by atoms with Crippen LogP contribution in [0.15, 0.2) is 30.6 Å². The van der Waals surface area contributed by atoms with Crippen LogP contribution in [0.2, 0.25) is 10.0 Å². The summed E-state index contributed by atoms with van der Waals surface area (Å²) < 4.78 is 5.53. The first kappa shape index (κ1) is 12.9. The SMILES string of the molecule is CNc1ccc(Cl)c(COc2cncc(Cl)c2)n1. The maximum absolute atomic E-state index is 6.04. The second kappa shape index (κ2) is 5.89. The van der Waals surface area contributed by atoms with Crippen LogP contribution in [0.1, 0.15) is 5.69 Å². The van der Waals surface area contributed by atoms with E-state index in [1.807, 2.05) is 0 Å². The summed E-state index contributed by atoms with van der Waals surface area (Å²) in [5.41, 5.74) is 0.656. The maximum Gasteiger partial charge on any atom is 0.139 e. The monoisotopic (exact) mass is 283 g/mol. The maximum atomic E-state index is 6.04. The van der Waals surface area contributed by atoms with Gasteiger partial charge in [0.1, 0.15) is 18.2 Å². The van der Waals surface area contributed by atoms with E-state index < -0.39 is 0 Å². The molecule has 0 amide bonds. The van der Waals surface area contributed by atoms with Gasteiger partial charge in [-0.15, -0.1) is 0 Å². The van der Waals surface area contributed by atoms with Crippen molar-refractivity contribution in [3.8, 4) is 5.75 Å². The number of ether oxygens (including phenoxy) is 1. The Labute approximate surface area is 115 Å². The third-order valence-electron chi connectivity index (χ3n) is 2.23. The van der Waals surface area contributed by atoms with Crippen molar-refractivity contribution in [2.45, 2.75) is 6.61 Å². The molecule has 18 heavy (non-hydrogen) atoms. The molecule has 6 heteroatoms. The van der Waals surface area contributed by atoms with Crippen molar-refractivity contribution < 1.29 is 4.74 Å². The molecule has 0 aliphatic carbocycles. The van der Waals surface area contributed by atoms with E-state index >= 15 is 0 Å². The summed E-state index contributed by atoms with van der Waals surface area (Å²) in [6.45, 7) is 0.260. The fraction of sp³-hybridized carbons (Fsp3) is 0.167. The molecule has 0 unspecified atom stereocenters. The number of anilines is 1. The number of hydrogen-bond donors (Lipinski definition) is 1. The highest BCUT2D eigenvalue weighted by Gasteiger charge is 2.05. The largest absolute Gasteiger partial charge is 0.486 e. The van der Waals surface area contributed by atoms with E-state index in [0.29, 0.717) is 21.5 Å². The first-order valence-corrected chi connectivity index (χ1v) is 6.01. The van der Waals surface area contributed by atoms with Gasteiger partial charge in [-0.3, -0.25) is 4.98 Å². The highest BCUT2D eigenvalue weighted by atomic mass is 35.5. The van der Waals surface area contributed by atoms with E-state index in [1.54, 1.807) is 37.6 Å². The van der Waals surface area contributed by atoms with Crippen LogP contribution >= 0.6 is 23.2 Å². The zero-order valence-corrected chi connectivity index (χ0v) is 11.2. The molecule has 0 radical (unpaired) electrons. The third kappa shape index (κ3) is 3.24. The summed E-state index contributed by atoms with van der Waals surface area (Å²) in [6.07, 6.45) is 3.13. The molecule has 0 bridgehead atoms. The van der Waals surface area contributed by atoms with Gasteiger partial charge in [0.2, 0.25) is 0 Å². The molecule has 2 aromatic heterocycles. The lowest BCUT2D eigenvalue weighted by molar-refractivity contribution is 0.300. The van der Waals surface area contributed by atoms with Crippen molar-refractivity contribution in [2.24, 2.45) is 0 Å². The number of pyridine rings is 2. The quantitative estimate of drug-likeness (QED) is 0.934. The molecule has 2 heterocycles. The molecular formula is C12H11Cl2N3O. The van der Waals surface area contributed by atoms with Gasteiger partial charge in [0.15, 0.2) is 0 Å². The molecule has 0 aliphatic rings. The van der Waals surface area contributed by atoms with E-state index in [1.165, 1.54) is 0 Å². The van der Waals surface area contributed by atoms with Crippen molar-refractivity contribution in [2.75, 3.05) is 12.4 Å². The van der Waals surface area contributed by atoms with Crippen LogP contribution in [0.3, 0.4) is 0 Å². The first-order valence-electron chi connectivity index (χ1n) is 5.25. The predicted molar refractivity (Wildman–Crippen MR) is 72.4 cm³/mol. The van der Waals surface area contributed by atoms with E-state index in [0.717, 1.165) is 5.82 Å². The summed E-state index contributed by atoms with van der Waals surface area (Å²) in [5.74, 6) is 1.32. The lowest BCUT2D eigenvalue weighted by Gasteiger charge is -2.08. The van der Waals surface area contributed by atoms with Crippen LogP contribution in [-0.2, 0) is 6.61 Å². The molecular weight excluding hydrogens is 273 g/mol. The molecule has 2 aromatic rings. The minimum atomic E-state index is 0.260. The summed E-state index contributed by atoms with van der Waals surface area (Å²) >= 11 is 11.9. The molecule has 0 aliphatic heterocycles. The van der Waals surface area contributed by atoms with Gasteiger partial charge in [0, 0.05) is 19.3 Å². The van der Waals surface area contributed by atoms with E-state index in [2.05, 4.69) is 15.3 Å². The Morgan fingerprint density at radius 1 is 1.28 bits per heavy atom. The summed E-state index contributed by atoms with van der Waals surface area (Å²) in [4.78, 5) is 8.24. The average Bonchev–Trinajstić information content (AvgIpc) is 2.38. The highest BCUT2D eigenvalue weighted by Crippen LogP contribution is 2.20. The van der Waals surface area contributed by atoms with E-state index in [-0.39, 0.29) is 6.61 Å². The molecule has 0 saturated carbocycles. The molecule has 0 atom stereocenters. The fourth-order valence-corrected chi connectivity index (χ4v) is 1.67. The molecule has 4 nitrogen and oxygen atoms in total. The lowest BCUT2D eigenvalue weighted by Crippen LogP contribution is -2.02. The number of halogens is 2. The zero-order chi connectivity index (χ0) is 13.0. The highest BCUT2D eigenvalue weighted by molar-refractivity contribution is 6.31. The molecule has 0 fully saturated rings. The molecule has 0 spiro atoms. The van der Waals surface area contributed by atoms with Crippen LogP contribution in [0.5, 0.6) is 5.75 Å². The van der Waals surface area contributed by atoms with Gasteiger partial charge < -0.3 is 10.1 Å². The summed E-state index contributed by atoms with van der Waals surface area (Å²) in [6, 6.07) is 5.26. The Hall–Kier alpha value is -1.52. The average molecular weight is 284 g/mol. The van der Waals surface area contributed by atoms with Gasteiger partial charge in [-0.2, -0.15) is 0 Å². The zero-order valence-electron chi connectivity index (χ0n) is 9.65. The predicted octanol–water partition coefficient (Wildman–Crippen LogP) is 3.40. The summed E-state index contributed by atoms with van der Waals surface area (Å²) in [7, 11) is 1.79. The van der Waals surface area contributed by atoms with Crippen molar-refractivity contribution in [1.82, 2.24) is 9.97 Å². The minimum Gasteiger partial charge on any atom is -0.486 e. The minimum absolute atomic E-state index is 0.260. The first-order chi connectivity index (χ1) is 8.69. The molecule has 2 rings (SSSR count). The van der Waals surface area contributed by atoms with E-state index in [9.17, 15) is 0 Å². The second-order valence-electron chi connectivity index (χ2n) is 3.50. The van der Waals surface area contributed by atoms with Gasteiger partial charge >= 0.3 is 0 Å². The second-order valence-corrected chi connectivity index (χ2v) is 4.35. The Morgan fingerprint density at radius 3 is 2.83 bits per heavy atom. The van der Waals surface area contributed by atoms with Gasteiger partial charge in [-0.05, 0) is 12.1 Å². The fourth-order valence-electron chi connectivity index (χ4n) is 1.35. The standard InChI is InChI=1S/C12H11Cl2N3O/c1-15-12-3-2-10(14)11(17-12)7-18-9-4-8(13)5-16-6-9/h2-6H,7H2,1H3,(H,15,17). The van der Waals surface area contributed by atoms with Gasteiger partial charge in [0.05, 0.1) is 21.9 Å². The molecule has 1 N–H and O–H groups in total. The van der Waals surface area contributed by atoms with Crippen molar-refractivity contribution in [3.63, 3.8) is 0 Å². The number of aromatic nitrogens is 2. The number of rotatable bonds is 4.